The summed E-state index contributed by atoms with van der Waals surface area (Å²) in [5.41, 5.74) is 25.2. The number of aromatic nitrogens is 5. The maximum absolute atomic E-state index is 4.51. The Morgan fingerprint density at radius 1 is 0.221 bits per heavy atom. The van der Waals surface area contributed by atoms with Crippen LogP contribution >= 0.6 is 0 Å². The Balaban J connectivity index is 0.860. The van der Waals surface area contributed by atoms with Crippen LogP contribution in [0.2, 0.25) is 0 Å². The van der Waals surface area contributed by atoms with E-state index in [1.165, 1.54) is 76.5 Å². The topological polar surface area (TPSA) is 43.8 Å². The molecule has 18 rings (SSSR count). The first-order chi connectivity index (χ1) is 42.7. The molecule has 0 N–H and O–H groups in total. The molecule has 0 unspecified atom stereocenters. The van der Waals surface area contributed by atoms with E-state index in [1.807, 2.05) is 36.9 Å². The normalized spacial score (nSPS) is 12.2. The molecule has 1 aliphatic heterocycles. The molecule has 400 valence electrons. The van der Waals surface area contributed by atoms with Crippen molar-refractivity contribution in [1.29, 1.82) is 0 Å². The van der Waals surface area contributed by atoms with Gasteiger partial charge >= 0.3 is 0 Å². The van der Waals surface area contributed by atoms with Crippen molar-refractivity contribution in [1.82, 2.24) is 23.7 Å². The molecule has 0 saturated heterocycles. The summed E-state index contributed by atoms with van der Waals surface area (Å²) in [6, 6.07) is 103. The molecular formula is C80H50N6. The number of fused-ring (bicyclic) bond motifs is 11. The summed E-state index contributed by atoms with van der Waals surface area (Å²) >= 11 is 0. The molecule has 17 aromatic rings. The zero-order valence-electron chi connectivity index (χ0n) is 46.6. The largest absolute Gasteiger partial charge is 0.309 e. The van der Waals surface area contributed by atoms with E-state index in [-0.39, 0.29) is 0 Å². The van der Waals surface area contributed by atoms with E-state index in [1.54, 1.807) is 0 Å². The summed E-state index contributed by atoms with van der Waals surface area (Å²) in [7, 11) is 0. The van der Waals surface area contributed by atoms with Gasteiger partial charge in [-0.25, -0.2) is 0 Å². The molecule has 0 saturated carbocycles. The number of benzene rings is 12. The minimum Gasteiger partial charge on any atom is -0.309 e. The molecule has 0 aliphatic carbocycles. The highest BCUT2D eigenvalue weighted by Crippen LogP contribution is 2.55. The lowest BCUT2D eigenvalue weighted by atomic mass is 9.86. The fraction of sp³-hybridized carbons (Fsp3) is 0. The van der Waals surface area contributed by atoms with E-state index in [0.29, 0.717) is 0 Å². The van der Waals surface area contributed by atoms with Gasteiger partial charge in [0.1, 0.15) is 0 Å². The molecule has 0 radical (unpaired) electrons. The second-order valence-electron chi connectivity index (χ2n) is 22.6. The molecule has 0 atom stereocenters. The second-order valence-corrected chi connectivity index (χ2v) is 22.6. The predicted octanol–water partition coefficient (Wildman–Crippen LogP) is 21.0. The molecule has 0 amide bonds. The van der Waals surface area contributed by atoms with Crippen molar-refractivity contribution < 1.29 is 0 Å². The first-order valence-electron chi connectivity index (χ1n) is 29.3. The second kappa shape index (κ2) is 19.0. The van der Waals surface area contributed by atoms with Crippen molar-refractivity contribution in [2.45, 2.75) is 0 Å². The molecule has 6 heterocycles. The van der Waals surface area contributed by atoms with Crippen LogP contribution in [0.1, 0.15) is 0 Å². The fourth-order valence-electron chi connectivity index (χ4n) is 14.1. The molecule has 6 heteroatoms. The number of para-hydroxylation sites is 2. The van der Waals surface area contributed by atoms with E-state index in [4.69, 9.17) is 0 Å². The van der Waals surface area contributed by atoms with Crippen molar-refractivity contribution >= 4 is 93.3 Å². The third kappa shape index (κ3) is 7.33. The number of pyridine rings is 2. The minimum atomic E-state index is 1.04. The van der Waals surface area contributed by atoms with E-state index in [0.717, 1.165) is 89.5 Å². The van der Waals surface area contributed by atoms with Crippen molar-refractivity contribution in [2.75, 3.05) is 4.90 Å². The third-order valence-corrected chi connectivity index (χ3v) is 17.9. The van der Waals surface area contributed by atoms with E-state index < -0.39 is 0 Å². The van der Waals surface area contributed by atoms with E-state index >= 15 is 0 Å². The summed E-state index contributed by atoms with van der Waals surface area (Å²) in [5.74, 6) is 0. The van der Waals surface area contributed by atoms with Crippen LogP contribution < -0.4 is 4.90 Å². The number of hydrogen-bond donors (Lipinski definition) is 0. The smallest absolute Gasteiger partial charge is 0.0645 e. The van der Waals surface area contributed by atoms with Gasteiger partial charge in [-0.3, -0.25) is 9.97 Å². The lowest BCUT2D eigenvalue weighted by molar-refractivity contribution is 1.14. The summed E-state index contributed by atoms with van der Waals surface area (Å²) in [6.45, 7) is 0. The zero-order chi connectivity index (χ0) is 56.4. The Hall–Kier alpha value is -11.6. The Bertz CT molecular complexity index is 5580. The summed E-state index contributed by atoms with van der Waals surface area (Å²) < 4.78 is 7.15. The highest BCUT2D eigenvalue weighted by molar-refractivity contribution is 6.22. The van der Waals surface area contributed by atoms with Gasteiger partial charge in [-0.15, -0.1) is 0 Å². The maximum Gasteiger partial charge on any atom is 0.0645 e. The quantitative estimate of drug-likeness (QED) is 0.152. The highest BCUT2D eigenvalue weighted by Gasteiger charge is 2.30. The van der Waals surface area contributed by atoms with Gasteiger partial charge in [-0.1, -0.05) is 164 Å². The van der Waals surface area contributed by atoms with Gasteiger partial charge in [0.15, 0.2) is 0 Å². The highest BCUT2D eigenvalue weighted by atomic mass is 15.2. The Morgan fingerprint density at radius 3 is 1.27 bits per heavy atom. The lowest BCUT2D eigenvalue weighted by Crippen LogP contribution is -2.15. The first-order valence-corrected chi connectivity index (χ1v) is 29.3. The Morgan fingerprint density at radius 2 is 0.663 bits per heavy atom. The van der Waals surface area contributed by atoms with Crippen LogP contribution in [-0.2, 0) is 0 Å². The minimum absolute atomic E-state index is 1.04. The van der Waals surface area contributed by atoms with Crippen molar-refractivity contribution in [3.05, 3.63) is 304 Å². The molecular weight excluding hydrogens is 1040 g/mol. The molecule has 12 aromatic carbocycles. The summed E-state index contributed by atoms with van der Waals surface area (Å²) in [6.07, 6.45) is 7.56. The molecule has 0 spiro atoms. The Kier molecular flexibility index (Phi) is 10.6. The van der Waals surface area contributed by atoms with Gasteiger partial charge in [0.05, 0.1) is 68.2 Å². The van der Waals surface area contributed by atoms with E-state index in [9.17, 15) is 0 Å². The van der Waals surface area contributed by atoms with Gasteiger partial charge in [-0.2, -0.15) is 0 Å². The molecule has 6 nitrogen and oxygen atoms in total. The van der Waals surface area contributed by atoms with Gasteiger partial charge in [-0.05, 0) is 171 Å². The van der Waals surface area contributed by atoms with Gasteiger partial charge in [0, 0.05) is 67.0 Å². The first kappa shape index (κ1) is 48.0. The van der Waals surface area contributed by atoms with Crippen molar-refractivity contribution in [3.63, 3.8) is 0 Å². The fourth-order valence-corrected chi connectivity index (χ4v) is 14.1. The number of anilines is 3. The number of nitrogens with zero attached hydrogens (tertiary/aromatic N) is 6. The van der Waals surface area contributed by atoms with Crippen molar-refractivity contribution in [2.24, 2.45) is 0 Å². The number of rotatable bonds is 8. The van der Waals surface area contributed by atoms with Gasteiger partial charge in [0.2, 0.25) is 0 Å². The lowest BCUT2D eigenvalue weighted by Gasteiger charge is -2.34. The summed E-state index contributed by atoms with van der Waals surface area (Å²) in [4.78, 5) is 11.5. The van der Waals surface area contributed by atoms with Crippen LogP contribution in [0.3, 0.4) is 0 Å². The Labute approximate surface area is 495 Å². The average molecular weight is 1100 g/mol. The van der Waals surface area contributed by atoms with Crippen LogP contribution in [0.15, 0.2) is 304 Å². The molecule has 86 heavy (non-hydrogen) atoms. The standard InChI is InChI=1S/C80H50N6/c1-3-16-51(17-4-1)55-32-37-76-69(44-55)71-47-70-66-36-35-62(52-18-5-2-6-19-52)65-28-13-31-77(80(65)66)84(59-23-12-21-54(43-59)57-34-39-75-68(46-57)64-27-8-10-30-73(64)86(75)61-25-15-41-82-50-61)78(70)48-79(71)83(76)58-22-11-20-53(42-58)56-33-38-74-67(45-56)63-26-7-9-29-72(63)85(74)60-24-14-40-81-49-60/h1-50H. The van der Waals surface area contributed by atoms with Crippen molar-refractivity contribution in [3.8, 4) is 72.7 Å². The van der Waals surface area contributed by atoms with Crippen LogP contribution in [-0.4, -0.2) is 23.7 Å². The number of hydrogen-bond acceptors (Lipinski definition) is 3. The van der Waals surface area contributed by atoms with Crippen LogP contribution in [0.25, 0.3) is 149 Å². The summed E-state index contributed by atoms with van der Waals surface area (Å²) in [5, 5.41) is 9.67. The molecule has 1 aliphatic rings. The SMILES string of the molecule is c1ccc(-c2ccc3c(c2)c2cc4c(cc2n3-c2cccc(-c3ccc5c(c3)c3ccccc3n5-c3cccnc3)c2)N(c2cccc(-c3ccc5c(c3)c3ccccc3n5-c3cccnc3)c2)c2cccc3c(-c5ccccc5)ccc-4c23)cc1. The zero-order valence-corrected chi connectivity index (χ0v) is 46.6. The molecule has 0 bridgehead atoms. The van der Waals surface area contributed by atoms with Crippen LogP contribution in [0, 0.1) is 0 Å². The monoisotopic (exact) mass is 1090 g/mol. The van der Waals surface area contributed by atoms with Gasteiger partial charge in [0.25, 0.3) is 0 Å². The van der Waals surface area contributed by atoms with E-state index in [2.05, 4.69) is 295 Å². The predicted molar refractivity (Wildman–Crippen MR) is 358 cm³/mol. The molecule has 5 aromatic heterocycles. The van der Waals surface area contributed by atoms with Crippen LogP contribution in [0.4, 0.5) is 17.1 Å². The average Bonchev–Trinajstić information content (AvgIpc) is 1.95. The third-order valence-electron chi connectivity index (χ3n) is 17.9. The molecule has 0 fully saturated rings. The van der Waals surface area contributed by atoms with Crippen LogP contribution in [0.5, 0.6) is 0 Å². The van der Waals surface area contributed by atoms with Gasteiger partial charge < -0.3 is 18.6 Å². The maximum atomic E-state index is 4.51.